The summed E-state index contributed by atoms with van der Waals surface area (Å²) >= 11 is 2.01. The molecule has 5 N–H and O–H groups in total. The van der Waals surface area contributed by atoms with Crippen LogP contribution in [0.15, 0.2) is 71.5 Å². The number of carbonyl (C=O) groups is 1. The number of hydrogen-bond donors (Lipinski definition) is 4. The molecule has 15 nitrogen and oxygen atoms in total. The molecule has 0 radical (unpaired) electrons. The van der Waals surface area contributed by atoms with Gasteiger partial charge in [-0.15, -0.1) is 0 Å². The third-order valence-electron chi connectivity index (χ3n) is 8.48. The Hall–Kier alpha value is -4.19. The van der Waals surface area contributed by atoms with E-state index in [0.29, 0.717) is 32.7 Å². The van der Waals surface area contributed by atoms with Crippen molar-refractivity contribution in [3.8, 4) is 11.5 Å². The quantitative estimate of drug-likeness (QED) is 0.0559. The number of rotatable bonds is 12. The number of aliphatic hydroxyl groups is 2. The average molecular weight is 858 g/mol. The lowest BCUT2D eigenvalue weighted by Crippen LogP contribution is -2.45. The van der Waals surface area contributed by atoms with Crippen molar-refractivity contribution in [1.82, 2.24) is 19.5 Å². The molecule has 3 heterocycles. The van der Waals surface area contributed by atoms with E-state index in [-0.39, 0.29) is 36.1 Å². The van der Waals surface area contributed by atoms with Gasteiger partial charge in [0.1, 0.15) is 24.4 Å². The molecule has 5 aromatic rings. The van der Waals surface area contributed by atoms with Crippen LogP contribution >= 0.6 is 30.8 Å². The lowest BCUT2D eigenvalue weighted by Gasteiger charge is -2.27. The predicted molar refractivity (Wildman–Crippen MR) is 206 cm³/mol. The van der Waals surface area contributed by atoms with Gasteiger partial charge in [-0.25, -0.2) is 9.78 Å². The van der Waals surface area contributed by atoms with E-state index in [9.17, 15) is 19.9 Å². The van der Waals surface area contributed by atoms with Gasteiger partial charge in [0, 0.05) is 34.5 Å². The molecule has 0 amide bonds. The Bertz CT molecular complexity index is 2140. The number of ether oxygens (including phenoxy) is 3. The molecule has 1 unspecified atom stereocenters. The van der Waals surface area contributed by atoms with Crippen molar-refractivity contribution in [3.05, 3.63) is 76.1 Å². The van der Waals surface area contributed by atoms with E-state index in [2.05, 4.69) is 25.0 Å². The van der Waals surface area contributed by atoms with E-state index in [4.69, 9.17) is 24.5 Å². The van der Waals surface area contributed by atoms with Crippen LogP contribution in [0.5, 0.6) is 11.5 Å². The maximum atomic E-state index is 13.2. The summed E-state index contributed by atoms with van der Waals surface area (Å²) in [6, 6.07) is 19.4. The van der Waals surface area contributed by atoms with Crippen molar-refractivity contribution < 1.29 is 38.6 Å². The zero-order chi connectivity index (χ0) is 38.1. The molecule has 280 valence electrons. The lowest BCUT2D eigenvalue weighted by molar-refractivity contribution is -0.169. The molecule has 1 aliphatic rings. The van der Waals surface area contributed by atoms with Crippen LogP contribution in [-0.4, -0.2) is 72.8 Å². The molecule has 2 aromatic heterocycles. The number of hydrogen-bond acceptors (Lipinski definition) is 14. The number of aromatic nitrogens is 4. The van der Waals surface area contributed by atoms with Crippen LogP contribution in [-0.2, 0) is 20.8 Å². The first-order chi connectivity index (χ1) is 25.1. The van der Waals surface area contributed by atoms with Crippen LogP contribution in [0.3, 0.4) is 0 Å². The fourth-order valence-corrected chi connectivity index (χ4v) is 7.22. The highest BCUT2D eigenvalue weighted by Gasteiger charge is 2.54. The Morgan fingerprint density at radius 2 is 1.87 bits per heavy atom. The van der Waals surface area contributed by atoms with Crippen molar-refractivity contribution in [2.45, 2.75) is 71.2 Å². The molecule has 53 heavy (non-hydrogen) atoms. The van der Waals surface area contributed by atoms with Gasteiger partial charge in [0.05, 0.1) is 6.61 Å². The Labute approximate surface area is 320 Å². The summed E-state index contributed by atoms with van der Waals surface area (Å²) in [5.41, 5.74) is 5.77. The van der Waals surface area contributed by atoms with E-state index < -0.39 is 44.2 Å². The van der Waals surface area contributed by atoms with E-state index >= 15 is 0 Å². The Morgan fingerprint density at radius 3 is 2.60 bits per heavy atom. The maximum Gasteiger partial charge on any atom is 0.395 e. The van der Waals surface area contributed by atoms with Crippen LogP contribution in [0, 0.1) is 9.25 Å². The fraction of sp³-hybridized carbons (Fsp3) is 0.389. The molecule has 6 atom stereocenters. The topological polar surface area (TPSA) is 212 Å². The largest absolute Gasteiger partial charge is 0.575 e. The molecule has 1 saturated heterocycles. The summed E-state index contributed by atoms with van der Waals surface area (Å²) in [6.45, 7) is 9.11. The van der Waals surface area contributed by atoms with Crippen LogP contribution in [0.4, 0.5) is 11.8 Å². The summed E-state index contributed by atoms with van der Waals surface area (Å²) in [7, 11) is -2.74. The van der Waals surface area contributed by atoms with Crippen LogP contribution in [0.2, 0.25) is 0 Å². The molecule has 0 bridgehead atoms. The number of imidazole rings is 1. The Morgan fingerprint density at radius 1 is 1.15 bits per heavy atom. The molecule has 1 fully saturated rings. The zero-order valence-electron chi connectivity index (χ0n) is 29.8. The molecule has 3 aromatic carbocycles. The van der Waals surface area contributed by atoms with Crippen LogP contribution in [0.25, 0.3) is 21.9 Å². The third kappa shape index (κ3) is 8.63. The molecule has 0 spiro atoms. The molecular weight excluding hydrogens is 816 g/mol. The van der Waals surface area contributed by atoms with Gasteiger partial charge >= 0.3 is 14.1 Å². The van der Waals surface area contributed by atoms with Crippen LogP contribution in [0.1, 0.15) is 46.4 Å². The molecule has 1 aliphatic heterocycles. The highest BCUT2D eigenvalue weighted by Crippen LogP contribution is 2.43. The smallest absolute Gasteiger partial charge is 0.395 e. The van der Waals surface area contributed by atoms with E-state index in [1.807, 2.05) is 85.8 Å². The second-order valence-corrected chi connectivity index (χ2v) is 16.0. The third-order valence-corrected chi connectivity index (χ3v) is 10.1. The maximum absolute atomic E-state index is 13.2. The fourth-order valence-electron chi connectivity index (χ4n) is 5.73. The van der Waals surface area contributed by atoms with Gasteiger partial charge in [-0.2, -0.15) is 9.97 Å². The monoisotopic (exact) mass is 857 g/mol. The number of aliphatic hydroxyl groups excluding tert-OH is 1. The standard InChI is InChI=1S/C36H41IN7O8P/c1-20(31(46)50-19-35(2,3)4)43-53(48)52-27-23-14-10-9-13-22(23)15-16-24(27)49-18-25-28(45)36(5,47)32(51-25)44-30-26(40-33(44)37)29(41-34(38)42-30)39-17-21-11-7-6-8-12-21/h6-16,20,25,28,32,45,47H,17-19H2,1-5H3,(H3,38,39,41,42)/t20-,25+,28+,32+,36+/m0/s1. The lowest BCUT2D eigenvalue weighted by atomic mass is 9.96. The summed E-state index contributed by atoms with van der Waals surface area (Å²) in [5, 5.41) is 27.7. The number of nitrogen functional groups attached to an aromatic ring is 1. The number of nitrogens with zero attached hydrogens (tertiary/aromatic N) is 5. The van der Waals surface area contributed by atoms with Crippen molar-refractivity contribution in [3.63, 3.8) is 0 Å². The second-order valence-electron chi connectivity index (χ2n) is 14.1. The van der Waals surface area contributed by atoms with Crippen LogP contribution < -0.4 is 25.2 Å². The summed E-state index contributed by atoms with van der Waals surface area (Å²) in [4.78, 5) is 39.1. The first-order valence-corrected chi connectivity index (χ1v) is 19.0. The number of nitrogens with one attached hydrogen (secondary N) is 1. The van der Waals surface area contributed by atoms with Gasteiger partial charge in [-0.05, 0) is 36.3 Å². The normalized spacial score (nSPS) is 21.2. The molecule has 6 rings (SSSR count). The predicted octanol–water partition coefficient (Wildman–Crippen LogP) is 5.08. The molecule has 17 heteroatoms. The highest BCUT2D eigenvalue weighted by atomic mass is 127. The zero-order valence-corrected chi connectivity index (χ0v) is 32.8. The first-order valence-electron chi connectivity index (χ1n) is 16.8. The summed E-state index contributed by atoms with van der Waals surface area (Å²) in [5.74, 6) is 0.0626. The Kier molecular flexibility index (Phi) is 11.4. The molecule has 0 saturated carbocycles. The van der Waals surface area contributed by atoms with Crippen molar-refractivity contribution in [2.24, 2.45) is 10.2 Å². The number of halogens is 1. The van der Waals surface area contributed by atoms with Gasteiger partial charge < -0.3 is 40.4 Å². The van der Waals surface area contributed by atoms with E-state index in [1.54, 1.807) is 28.8 Å². The van der Waals surface area contributed by atoms with Gasteiger partial charge in [0.2, 0.25) is 11.7 Å². The van der Waals surface area contributed by atoms with E-state index in [0.717, 1.165) is 10.9 Å². The number of nitrogens with two attached hydrogens (primary N) is 1. The number of esters is 1. The minimum atomic E-state index is -2.74. The number of benzene rings is 3. The minimum absolute atomic E-state index is 0.0196. The minimum Gasteiger partial charge on any atom is -0.575 e. The van der Waals surface area contributed by atoms with Crippen molar-refractivity contribution >= 4 is 70.4 Å². The number of carbonyl (C=O) groups excluding carboxylic acids is 1. The van der Waals surface area contributed by atoms with Gasteiger partial charge in [0.15, 0.2) is 38.8 Å². The molecule has 0 aliphatic carbocycles. The number of anilines is 2. The van der Waals surface area contributed by atoms with E-state index in [1.165, 1.54) is 13.8 Å². The number of fused-ring (bicyclic) bond motifs is 2. The SMILES string of the molecule is C[C@H](N=[P+]([O-])Oc1c(OC[C@H]2O[C@@H](n3c(I)nc4c(NCc5ccccc5)nc(N)nc43)[C@](C)(O)[C@@H]2O)ccc2ccccc12)C(=O)OCC(C)(C)C. The summed E-state index contributed by atoms with van der Waals surface area (Å²) in [6.07, 6.45) is -3.63. The average Bonchev–Trinajstić information content (AvgIpc) is 3.55. The second kappa shape index (κ2) is 15.7. The first kappa shape index (κ1) is 38.5. The summed E-state index contributed by atoms with van der Waals surface area (Å²) < 4.78 is 29.6. The molecular formula is C36H41IN7O8P. The van der Waals surface area contributed by atoms with Gasteiger partial charge in [-0.3, -0.25) is 9.09 Å². The van der Waals surface area contributed by atoms with Crippen molar-refractivity contribution in [1.29, 1.82) is 0 Å². The van der Waals surface area contributed by atoms with Gasteiger partial charge in [-0.1, -0.05) is 86.2 Å². The Balaban J connectivity index is 1.23. The van der Waals surface area contributed by atoms with Gasteiger partial charge in [0.25, 0.3) is 0 Å². The highest BCUT2D eigenvalue weighted by molar-refractivity contribution is 14.1. The van der Waals surface area contributed by atoms with Crippen molar-refractivity contribution in [2.75, 3.05) is 24.3 Å².